The summed E-state index contributed by atoms with van der Waals surface area (Å²) in [6, 6.07) is 21.9. The Bertz CT molecular complexity index is 2120. The second kappa shape index (κ2) is 17.3. The highest BCUT2D eigenvalue weighted by Gasteiger charge is 2.37. The first-order valence-corrected chi connectivity index (χ1v) is 18.6. The van der Waals surface area contributed by atoms with Gasteiger partial charge in [0.2, 0.25) is 11.8 Å². The molecule has 0 saturated carbocycles. The number of amides is 4. The van der Waals surface area contributed by atoms with Crippen molar-refractivity contribution < 1.29 is 28.7 Å². The summed E-state index contributed by atoms with van der Waals surface area (Å²) < 4.78 is 9.33. The maximum absolute atomic E-state index is 13.6. The van der Waals surface area contributed by atoms with E-state index in [1.54, 1.807) is 11.1 Å². The molecule has 6 rings (SSSR count). The van der Waals surface area contributed by atoms with Gasteiger partial charge < -0.3 is 39.9 Å². The fraction of sp³-hybridized carbons (Fsp3) is 0.366. The Morgan fingerprint density at radius 3 is 2.16 bits per heavy atom. The monoisotopic (exact) mass is 748 g/mol. The second-order valence-electron chi connectivity index (χ2n) is 14.0. The van der Waals surface area contributed by atoms with Gasteiger partial charge in [0, 0.05) is 13.1 Å². The van der Waals surface area contributed by atoms with Crippen LogP contribution < -0.4 is 10.6 Å². The lowest BCUT2D eigenvalue weighted by molar-refractivity contribution is -0.135. The van der Waals surface area contributed by atoms with Gasteiger partial charge in [-0.15, -0.1) is 0 Å². The number of hydrogen-bond acceptors (Lipinski definition) is 8. The van der Waals surface area contributed by atoms with Gasteiger partial charge in [-0.2, -0.15) is 0 Å². The van der Waals surface area contributed by atoms with Crippen LogP contribution in [-0.2, 0) is 25.6 Å². The Kier molecular flexibility index (Phi) is 12.1. The van der Waals surface area contributed by atoms with Gasteiger partial charge in [-0.3, -0.25) is 9.59 Å². The number of hydrogen-bond donors (Lipinski definition) is 4. The van der Waals surface area contributed by atoms with Gasteiger partial charge in [0.05, 0.1) is 49.7 Å². The highest BCUT2D eigenvalue weighted by molar-refractivity contribution is 5.87. The normalized spacial score (nSPS) is 14.5. The van der Waals surface area contributed by atoms with Crippen molar-refractivity contribution in [1.29, 1.82) is 0 Å². The highest BCUT2D eigenvalue weighted by Crippen LogP contribution is 2.34. The van der Waals surface area contributed by atoms with Crippen molar-refractivity contribution in [3.8, 4) is 33.5 Å². The summed E-state index contributed by atoms with van der Waals surface area (Å²) in [7, 11) is 2.55. The lowest BCUT2D eigenvalue weighted by Gasteiger charge is -2.29. The molecule has 0 spiro atoms. The van der Waals surface area contributed by atoms with Gasteiger partial charge in [-0.05, 0) is 65.1 Å². The van der Waals surface area contributed by atoms with E-state index < -0.39 is 18.2 Å². The number of ether oxygens (including phenoxy) is 2. The van der Waals surface area contributed by atoms with Crippen LogP contribution in [0.2, 0.25) is 0 Å². The summed E-state index contributed by atoms with van der Waals surface area (Å²) in [5.41, 5.74) is 7.77. The van der Waals surface area contributed by atoms with Crippen molar-refractivity contribution in [2.75, 3.05) is 33.9 Å². The van der Waals surface area contributed by atoms with Crippen LogP contribution in [-0.4, -0.2) is 93.6 Å². The zero-order valence-electron chi connectivity index (χ0n) is 31.8. The number of likely N-dealkylation sites (tertiary alicyclic amines) is 1. The zero-order valence-corrected chi connectivity index (χ0v) is 31.8. The first kappa shape index (κ1) is 38.5. The molecule has 4 N–H and O–H groups in total. The molecule has 3 heterocycles. The number of methoxy groups -OCH3 is 2. The van der Waals surface area contributed by atoms with Crippen molar-refractivity contribution in [3.05, 3.63) is 84.6 Å². The lowest BCUT2D eigenvalue weighted by atomic mass is 9.99. The molecule has 1 saturated heterocycles. The van der Waals surface area contributed by atoms with E-state index in [1.165, 1.54) is 14.2 Å². The maximum Gasteiger partial charge on any atom is 0.407 e. The third-order valence-corrected chi connectivity index (χ3v) is 9.88. The molecule has 2 atom stereocenters. The SMILES string of the molecule is CCCN(Cc1ncc(-c2ccc(-c3ccc(-c4ccc5nc(C6CCCN6C(=O)C(NC(=O)OC)C(C)C)[nH]c5c4)cc3)cc2)[nH]1)C(=O)CNC(=O)OC. The summed E-state index contributed by atoms with van der Waals surface area (Å²) in [6.07, 6.45) is 2.89. The summed E-state index contributed by atoms with van der Waals surface area (Å²) in [5.74, 6) is 0.931. The molecule has 3 aromatic carbocycles. The quantitative estimate of drug-likeness (QED) is 0.107. The van der Waals surface area contributed by atoms with E-state index >= 15 is 0 Å². The molecular formula is C41H48N8O6. The number of fused-ring (bicyclic) bond motifs is 1. The van der Waals surface area contributed by atoms with E-state index in [-0.39, 0.29) is 30.3 Å². The summed E-state index contributed by atoms with van der Waals surface area (Å²) in [6.45, 7) is 7.07. The van der Waals surface area contributed by atoms with Crippen molar-refractivity contribution in [3.63, 3.8) is 0 Å². The summed E-state index contributed by atoms with van der Waals surface area (Å²) in [4.78, 5) is 69.3. The maximum atomic E-state index is 13.6. The van der Waals surface area contributed by atoms with Gasteiger partial charge in [-0.1, -0.05) is 75.4 Å². The van der Waals surface area contributed by atoms with Crippen LogP contribution in [0.3, 0.4) is 0 Å². The van der Waals surface area contributed by atoms with E-state index in [1.807, 2.05) is 43.9 Å². The molecular weight excluding hydrogens is 701 g/mol. The molecule has 5 aromatic rings. The van der Waals surface area contributed by atoms with E-state index in [0.29, 0.717) is 25.5 Å². The number of benzene rings is 3. The van der Waals surface area contributed by atoms with Crippen LogP contribution in [0.5, 0.6) is 0 Å². The fourth-order valence-electron chi connectivity index (χ4n) is 6.92. The molecule has 2 aromatic heterocycles. The van der Waals surface area contributed by atoms with E-state index in [4.69, 9.17) is 9.72 Å². The molecule has 0 radical (unpaired) electrons. The number of nitrogens with zero attached hydrogens (tertiary/aromatic N) is 4. The van der Waals surface area contributed by atoms with Crippen molar-refractivity contribution in [1.82, 2.24) is 40.4 Å². The fourth-order valence-corrected chi connectivity index (χ4v) is 6.92. The molecule has 288 valence electrons. The zero-order chi connectivity index (χ0) is 39.1. The number of carbonyl (C=O) groups excluding carboxylic acids is 4. The number of imidazole rings is 2. The average molecular weight is 749 g/mol. The molecule has 1 aliphatic rings. The minimum absolute atomic E-state index is 0.105. The van der Waals surface area contributed by atoms with Gasteiger partial charge in [0.1, 0.15) is 24.2 Å². The van der Waals surface area contributed by atoms with E-state index in [9.17, 15) is 19.2 Å². The van der Waals surface area contributed by atoms with Crippen LogP contribution in [0.1, 0.15) is 57.7 Å². The van der Waals surface area contributed by atoms with Crippen LogP contribution in [0.15, 0.2) is 72.9 Å². The first-order valence-electron chi connectivity index (χ1n) is 18.6. The second-order valence-corrected chi connectivity index (χ2v) is 14.0. The number of carbonyl (C=O) groups is 4. The Balaban J connectivity index is 1.11. The molecule has 2 unspecified atom stereocenters. The predicted molar refractivity (Wildman–Crippen MR) is 209 cm³/mol. The smallest absolute Gasteiger partial charge is 0.407 e. The van der Waals surface area contributed by atoms with Crippen LogP contribution >= 0.6 is 0 Å². The van der Waals surface area contributed by atoms with Crippen molar-refractivity contribution in [2.45, 2.75) is 58.7 Å². The van der Waals surface area contributed by atoms with Crippen LogP contribution in [0.25, 0.3) is 44.5 Å². The third kappa shape index (κ3) is 8.97. The van der Waals surface area contributed by atoms with Gasteiger partial charge in [0.25, 0.3) is 0 Å². The third-order valence-electron chi connectivity index (χ3n) is 9.88. The molecule has 0 bridgehead atoms. The predicted octanol–water partition coefficient (Wildman–Crippen LogP) is 6.43. The van der Waals surface area contributed by atoms with Crippen LogP contribution in [0, 0.1) is 5.92 Å². The lowest BCUT2D eigenvalue weighted by Crippen LogP contribution is -2.51. The topological polar surface area (TPSA) is 175 Å². The minimum Gasteiger partial charge on any atom is -0.453 e. The number of aromatic amines is 2. The Morgan fingerprint density at radius 2 is 1.53 bits per heavy atom. The molecule has 14 nitrogen and oxygen atoms in total. The van der Waals surface area contributed by atoms with Gasteiger partial charge in [-0.25, -0.2) is 19.6 Å². The van der Waals surface area contributed by atoms with Crippen molar-refractivity contribution in [2.24, 2.45) is 5.92 Å². The first-order chi connectivity index (χ1) is 26.6. The summed E-state index contributed by atoms with van der Waals surface area (Å²) >= 11 is 0. The molecule has 1 fully saturated rings. The number of nitrogens with one attached hydrogen (secondary N) is 4. The molecule has 4 amide bonds. The van der Waals surface area contributed by atoms with Gasteiger partial charge >= 0.3 is 12.2 Å². The number of H-pyrrole nitrogens is 2. The average Bonchev–Trinajstić information content (AvgIpc) is 3.98. The number of aromatic nitrogens is 4. The molecule has 14 heteroatoms. The van der Waals surface area contributed by atoms with Crippen molar-refractivity contribution >= 4 is 35.0 Å². The molecule has 0 aliphatic carbocycles. The highest BCUT2D eigenvalue weighted by atomic mass is 16.5. The van der Waals surface area contributed by atoms with Crippen LogP contribution in [0.4, 0.5) is 9.59 Å². The molecule has 55 heavy (non-hydrogen) atoms. The number of rotatable bonds is 13. The van der Waals surface area contributed by atoms with Gasteiger partial charge in [0.15, 0.2) is 0 Å². The summed E-state index contributed by atoms with van der Waals surface area (Å²) in [5, 5.41) is 5.14. The standard InChI is InChI=1S/C41H48N8O6/c1-6-19-48(36(50)23-43-40(52)54-4)24-35-42-22-33(44-35)29-15-13-27(14-16-29)26-9-11-28(12-10-26)30-17-18-31-32(21-30)46-38(45-31)34-8-7-20-49(34)39(51)37(25(2)3)47-41(53)55-5/h9-18,21-22,25,34,37H,6-8,19-20,23-24H2,1-5H3,(H,42,44)(H,43,52)(H,45,46)(H,47,53). The Labute approximate surface area is 320 Å². The van der Waals surface area contributed by atoms with E-state index in [2.05, 4.69) is 78.9 Å². The largest absolute Gasteiger partial charge is 0.453 e. The Hall–Kier alpha value is -6.18. The Morgan fingerprint density at radius 1 is 0.891 bits per heavy atom. The molecule has 1 aliphatic heterocycles. The van der Waals surface area contributed by atoms with E-state index in [0.717, 1.165) is 69.6 Å². The minimum atomic E-state index is -0.688. The number of alkyl carbamates (subject to hydrolysis) is 2.